The molecular formula is C16H26OS. The summed E-state index contributed by atoms with van der Waals surface area (Å²) in [6.07, 6.45) is 10.5. The number of hydrogen-bond acceptors (Lipinski definition) is 2. The van der Waals surface area contributed by atoms with E-state index in [1.54, 1.807) is 6.07 Å². The van der Waals surface area contributed by atoms with Crippen molar-refractivity contribution in [2.75, 3.05) is 0 Å². The van der Waals surface area contributed by atoms with Crippen molar-refractivity contribution in [2.24, 2.45) is 0 Å². The Hall–Kier alpha value is -0.630. The summed E-state index contributed by atoms with van der Waals surface area (Å²) in [5.74, 6) is 0.977. The van der Waals surface area contributed by atoms with Gasteiger partial charge in [-0.1, -0.05) is 57.6 Å². The zero-order chi connectivity index (χ0) is 13.2. The molecule has 0 atom stereocenters. The Bertz CT molecular complexity index is 336. The van der Waals surface area contributed by atoms with Crippen LogP contribution in [0.1, 0.15) is 63.0 Å². The highest BCUT2D eigenvalue weighted by molar-refractivity contribution is 7.79. The molecule has 1 aromatic carbocycles. The van der Waals surface area contributed by atoms with Gasteiger partial charge in [-0.15, -0.1) is 0 Å². The zero-order valence-corrected chi connectivity index (χ0v) is 12.4. The van der Waals surface area contributed by atoms with E-state index in [2.05, 4.69) is 25.6 Å². The lowest BCUT2D eigenvalue weighted by Crippen LogP contribution is -1.89. The van der Waals surface area contributed by atoms with Crippen LogP contribution in [0.5, 0.6) is 5.75 Å². The molecule has 0 bridgehead atoms. The smallest absolute Gasteiger partial charge is 0.119 e. The van der Waals surface area contributed by atoms with E-state index in [0.717, 1.165) is 12.0 Å². The lowest BCUT2D eigenvalue weighted by molar-refractivity contribution is 0.470. The molecule has 0 unspecified atom stereocenters. The van der Waals surface area contributed by atoms with Gasteiger partial charge in [0.15, 0.2) is 0 Å². The number of phenolic OH excluding ortho intramolecular Hbond substituents is 1. The van der Waals surface area contributed by atoms with Crippen molar-refractivity contribution in [1.29, 1.82) is 0 Å². The van der Waals surface area contributed by atoms with Gasteiger partial charge in [0.1, 0.15) is 5.75 Å². The third kappa shape index (κ3) is 5.81. The molecule has 0 saturated heterocycles. The van der Waals surface area contributed by atoms with E-state index in [-0.39, 0.29) is 0 Å². The summed E-state index contributed by atoms with van der Waals surface area (Å²) in [5, 5.41) is 9.58. The van der Waals surface area contributed by atoms with Crippen molar-refractivity contribution in [1.82, 2.24) is 0 Å². The van der Waals surface area contributed by atoms with E-state index in [1.165, 1.54) is 50.5 Å². The van der Waals surface area contributed by atoms with Crippen LogP contribution < -0.4 is 0 Å². The maximum absolute atomic E-state index is 9.58. The van der Waals surface area contributed by atoms with Crippen molar-refractivity contribution in [3.05, 3.63) is 29.3 Å². The highest BCUT2D eigenvalue weighted by atomic mass is 32.1. The quantitative estimate of drug-likeness (QED) is 0.470. The molecule has 0 aliphatic heterocycles. The maximum atomic E-state index is 9.58. The van der Waals surface area contributed by atoms with Gasteiger partial charge in [-0.3, -0.25) is 0 Å². The van der Waals surface area contributed by atoms with E-state index >= 15 is 0 Å². The van der Waals surface area contributed by atoms with Crippen LogP contribution in [0.4, 0.5) is 0 Å². The van der Waals surface area contributed by atoms with Crippen LogP contribution in [-0.4, -0.2) is 5.11 Å². The molecule has 102 valence electrons. The van der Waals surface area contributed by atoms with Gasteiger partial charge in [0.05, 0.1) is 0 Å². The Morgan fingerprint density at radius 2 is 1.67 bits per heavy atom. The fraction of sp³-hybridized carbons (Fsp3) is 0.625. The first kappa shape index (κ1) is 15.4. The minimum absolute atomic E-state index is 0.369. The fourth-order valence-corrected chi connectivity index (χ4v) is 2.46. The van der Waals surface area contributed by atoms with Gasteiger partial charge in [-0.05, 0) is 24.5 Å². The minimum atomic E-state index is 0.369. The van der Waals surface area contributed by atoms with Crippen LogP contribution in [0.3, 0.4) is 0 Å². The van der Waals surface area contributed by atoms with Crippen LogP contribution in [0.15, 0.2) is 18.2 Å². The van der Waals surface area contributed by atoms with Gasteiger partial charge in [0, 0.05) is 11.3 Å². The number of phenols is 1. The third-order valence-electron chi connectivity index (χ3n) is 3.38. The molecular weight excluding hydrogens is 240 g/mol. The maximum Gasteiger partial charge on any atom is 0.119 e. The second-order valence-electron chi connectivity index (χ2n) is 4.99. The molecule has 2 heteroatoms. The standard InChI is InChI=1S/C16H26OS/c1-2-3-4-5-6-7-8-9-14-10-11-16(17)15(12-14)13-18/h10-12,17-18H,2-9,13H2,1H3. The van der Waals surface area contributed by atoms with E-state index in [4.69, 9.17) is 0 Å². The number of thiol groups is 1. The molecule has 0 heterocycles. The Labute approximate surface area is 117 Å². The van der Waals surface area contributed by atoms with Crippen molar-refractivity contribution >= 4 is 12.6 Å². The molecule has 0 fully saturated rings. The zero-order valence-electron chi connectivity index (χ0n) is 11.5. The molecule has 0 radical (unpaired) electrons. The average molecular weight is 266 g/mol. The monoisotopic (exact) mass is 266 g/mol. The summed E-state index contributed by atoms with van der Waals surface area (Å²) >= 11 is 4.22. The van der Waals surface area contributed by atoms with E-state index in [0.29, 0.717) is 11.5 Å². The number of aryl methyl sites for hydroxylation is 1. The second kappa shape index (κ2) is 9.32. The number of benzene rings is 1. The molecule has 1 N–H and O–H groups in total. The van der Waals surface area contributed by atoms with Gasteiger partial charge < -0.3 is 5.11 Å². The number of hydrogen-bond donors (Lipinski definition) is 2. The van der Waals surface area contributed by atoms with Crippen molar-refractivity contribution in [2.45, 2.75) is 64.0 Å². The van der Waals surface area contributed by atoms with Crippen LogP contribution in [-0.2, 0) is 12.2 Å². The summed E-state index contributed by atoms with van der Waals surface area (Å²) < 4.78 is 0. The summed E-state index contributed by atoms with van der Waals surface area (Å²) in [6.45, 7) is 2.25. The Balaban J connectivity index is 2.19. The largest absolute Gasteiger partial charge is 0.508 e. The lowest BCUT2D eigenvalue weighted by atomic mass is 10.0. The van der Waals surface area contributed by atoms with Crippen LogP contribution in [0.25, 0.3) is 0 Å². The fourth-order valence-electron chi connectivity index (χ4n) is 2.21. The highest BCUT2D eigenvalue weighted by Gasteiger charge is 2.01. The Kier molecular flexibility index (Phi) is 7.99. The lowest BCUT2D eigenvalue weighted by Gasteiger charge is -2.06. The van der Waals surface area contributed by atoms with Crippen LogP contribution in [0, 0.1) is 0 Å². The summed E-state index contributed by atoms with van der Waals surface area (Å²) in [7, 11) is 0. The molecule has 0 saturated carbocycles. The number of unbranched alkanes of at least 4 members (excludes halogenated alkanes) is 6. The predicted molar refractivity (Wildman–Crippen MR) is 82.5 cm³/mol. The minimum Gasteiger partial charge on any atom is -0.508 e. The molecule has 0 aromatic heterocycles. The molecule has 0 spiro atoms. The Morgan fingerprint density at radius 1 is 1.00 bits per heavy atom. The predicted octanol–water partition coefficient (Wildman–Crippen LogP) is 5.12. The molecule has 1 aromatic rings. The van der Waals surface area contributed by atoms with E-state index in [9.17, 15) is 5.11 Å². The second-order valence-corrected chi connectivity index (χ2v) is 5.31. The summed E-state index contributed by atoms with van der Waals surface area (Å²) in [6, 6.07) is 5.90. The van der Waals surface area contributed by atoms with Crippen LogP contribution >= 0.6 is 12.6 Å². The van der Waals surface area contributed by atoms with Gasteiger partial charge in [0.25, 0.3) is 0 Å². The SMILES string of the molecule is CCCCCCCCCc1ccc(O)c(CS)c1. The first-order valence-electron chi connectivity index (χ1n) is 7.19. The van der Waals surface area contributed by atoms with Crippen molar-refractivity contribution in [3.8, 4) is 5.75 Å². The molecule has 0 aliphatic rings. The van der Waals surface area contributed by atoms with Gasteiger partial charge in [0.2, 0.25) is 0 Å². The van der Waals surface area contributed by atoms with Gasteiger partial charge in [-0.25, -0.2) is 0 Å². The molecule has 0 amide bonds. The molecule has 0 aliphatic carbocycles. The molecule has 1 rings (SSSR count). The summed E-state index contributed by atoms with van der Waals surface area (Å²) in [5.41, 5.74) is 2.27. The first-order chi connectivity index (χ1) is 8.77. The third-order valence-corrected chi connectivity index (χ3v) is 3.72. The van der Waals surface area contributed by atoms with Gasteiger partial charge >= 0.3 is 0 Å². The summed E-state index contributed by atoms with van der Waals surface area (Å²) in [4.78, 5) is 0. The molecule has 1 nitrogen and oxygen atoms in total. The Morgan fingerprint density at radius 3 is 2.33 bits per heavy atom. The van der Waals surface area contributed by atoms with E-state index in [1.807, 2.05) is 6.07 Å². The normalized spacial score (nSPS) is 10.8. The number of aromatic hydroxyl groups is 1. The van der Waals surface area contributed by atoms with Crippen molar-refractivity contribution in [3.63, 3.8) is 0 Å². The number of rotatable bonds is 9. The van der Waals surface area contributed by atoms with Crippen LogP contribution in [0.2, 0.25) is 0 Å². The first-order valence-corrected chi connectivity index (χ1v) is 7.82. The highest BCUT2D eigenvalue weighted by Crippen LogP contribution is 2.21. The molecule has 18 heavy (non-hydrogen) atoms. The van der Waals surface area contributed by atoms with Gasteiger partial charge in [-0.2, -0.15) is 12.6 Å². The van der Waals surface area contributed by atoms with E-state index < -0.39 is 0 Å². The van der Waals surface area contributed by atoms with Crippen molar-refractivity contribution < 1.29 is 5.11 Å². The topological polar surface area (TPSA) is 20.2 Å². The average Bonchev–Trinajstić information content (AvgIpc) is 2.39.